The Labute approximate surface area is 233 Å². The van der Waals surface area contributed by atoms with E-state index in [0.29, 0.717) is 11.3 Å². The van der Waals surface area contributed by atoms with Crippen LogP contribution in [0.3, 0.4) is 0 Å². The van der Waals surface area contributed by atoms with Crippen LogP contribution in [-0.2, 0) is 38.9 Å². The van der Waals surface area contributed by atoms with E-state index in [2.05, 4.69) is 24.7 Å². The standard InChI is InChI=1S/C22H18FN7O4S4/c1-29-4-2-3-10(6-29)11-5-13(36-7-11)12-8-37-20-15(19(32)30(20)16(12)21(33)35)25-18(31)14(27-34-9-23)17-26-22(24)38-28-17/h2-7,15,20H,8-9H2,1H3,(H3-,24,25,26,28,31,33,35)/b27-14-/t15-,20-/m1/s1. The molecule has 38 heavy (non-hydrogen) atoms. The van der Waals surface area contributed by atoms with Crippen molar-refractivity contribution in [2.24, 2.45) is 12.2 Å². The first kappa shape index (κ1) is 26.1. The number of amides is 2. The highest BCUT2D eigenvalue weighted by Crippen LogP contribution is 2.45. The van der Waals surface area contributed by atoms with Gasteiger partial charge in [-0.05, 0) is 23.1 Å². The summed E-state index contributed by atoms with van der Waals surface area (Å²) in [7, 11) is 1.93. The summed E-state index contributed by atoms with van der Waals surface area (Å²) in [5.41, 5.74) is 7.94. The number of nitrogens with one attached hydrogen (secondary N) is 1. The van der Waals surface area contributed by atoms with E-state index < -0.39 is 40.9 Å². The first-order valence-corrected chi connectivity index (χ1v) is 14.0. The predicted octanol–water partition coefficient (Wildman–Crippen LogP) is 1.21. The van der Waals surface area contributed by atoms with Gasteiger partial charge in [0.2, 0.25) is 11.5 Å². The zero-order valence-corrected chi connectivity index (χ0v) is 22.8. The molecular formula is C22H18FN7O4S4. The number of aromatic nitrogens is 3. The van der Waals surface area contributed by atoms with E-state index >= 15 is 0 Å². The molecule has 16 heteroatoms. The van der Waals surface area contributed by atoms with Crippen molar-refractivity contribution in [3.63, 3.8) is 0 Å². The Morgan fingerprint density at radius 2 is 2.24 bits per heavy atom. The fourth-order valence-corrected chi connectivity index (χ4v) is 7.09. The minimum absolute atomic E-state index is 0.0682. The Morgan fingerprint density at radius 3 is 2.92 bits per heavy atom. The monoisotopic (exact) mass is 591 g/mol. The van der Waals surface area contributed by atoms with Gasteiger partial charge in [-0.1, -0.05) is 5.16 Å². The van der Waals surface area contributed by atoms with Gasteiger partial charge in [0, 0.05) is 39.4 Å². The van der Waals surface area contributed by atoms with E-state index in [-0.39, 0.29) is 16.7 Å². The Morgan fingerprint density at radius 1 is 1.42 bits per heavy atom. The molecule has 11 nitrogen and oxygen atoms in total. The number of pyridine rings is 1. The number of hydrogen-bond donors (Lipinski definition) is 2. The molecule has 196 valence electrons. The first-order chi connectivity index (χ1) is 18.3. The summed E-state index contributed by atoms with van der Waals surface area (Å²) < 4.78 is 18.4. The second-order valence-electron chi connectivity index (χ2n) is 8.07. The van der Waals surface area contributed by atoms with Crippen LogP contribution in [0, 0.1) is 0 Å². The predicted molar refractivity (Wildman–Crippen MR) is 143 cm³/mol. The van der Waals surface area contributed by atoms with E-state index in [9.17, 15) is 18.8 Å². The normalized spacial score (nSPS) is 19.2. The zero-order valence-electron chi connectivity index (χ0n) is 19.5. The summed E-state index contributed by atoms with van der Waals surface area (Å²) >= 11 is 8.67. The molecule has 0 spiro atoms. The molecule has 5 rings (SSSR count). The number of alkyl halides is 1. The van der Waals surface area contributed by atoms with Crippen molar-refractivity contribution < 1.29 is 28.2 Å². The summed E-state index contributed by atoms with van der Waals surface area (Å²) in [6.07, 6.45) is 3.92. The fourth-order valence-electron chi connectivity index (χ4n) is 4.02. The van der Waals surface area contributed by atoms with Crippen molar-refractivity contribution in [1.29, 1.82) is 0 Å². The zero-order chi connectivity index (χ0) is 27.0. The number of thioether (sulfide) groups is 1. The summed E-state index contributed by atoms with van der Waals surface area (Å²) in [4.78, 5) is 49.0. The van der Waals surface area contributed by atoms with Crippen molar-refractivity contribution in [2.75, 3.05) is 18.3 Å². The topological polar surface area (TPSA) is 144 Å². The summed E-state index contributed by atoms with van der Waals surface area (Å²) in [5.74, 6) is -1.13. The van der Waals surface area contributed by atoms with Crippen molar-refractivity contribution in [3.05, 3.63) is 52.4 Å². The first-order valence-electron chi connectivity index (χ1n) is 10.9. The average Bonchev–Trinajstić information content (AvgIpc) is 3.56. The molecule has 1 fully saturated rings. The number of thiophene rings is 1. The molecule has 0 aliphatic carbocycles. The van der Waals surface area contributed by atoms with Gasteiger partial charge in [-0.25, -0.2) is 8.96 Å². The molecule has 0 saturated carbocycles. The van der Waals surface area contributed by atoms with Gasteiger partial charge in [0.1, 0.15) is 18.5 Å². The molecule has 5 heterocycles. The molecule has 0 unspecified atom stereocenters. The number of carbonyl (C=O) groups excluding carboxylic acids is 3. The summed E-state index contributed by atoms with van der Waals surface area (Å²) in [6.45, 7) is -1.28. The number of oxime groups is 1. The van der Waals surface area contributed by atoms with Crippen molar-refractivity contribution in [1.82, 2.24) is 19.6 Å². The Kier molecular flexibility index (Phi) is 7.38. The van der Waals surface area contributed by atoms with Gasteiger partial charge in [0.15, 0.2) is 17.5 Å². The maximum absolute atomic E-state index is 13.2. The maximum Gasteiger partial charge on any atom is 0.278 e. The lowest BCUT2D eigenvalue weighted by Crippen LogP contribution is -2.70. The van der Waals surface area contributed by atoms with Crippen LogP contribution in [-0.4, -0.2) is 60.9 Å². The summed E-state index contributed by atoms with van der Waals surface area (Å²) in [5, 5.41) is 6.82. The van der Waals surface area contributed by atoms with Crippen LogP contribution in [0.15, 0.2) is 46.8 Å². The smallest absolute Gasteiger partial charge is 0.278 e. The van der Waals surface area contributed by atoms with E-state index in [0.717, 1.165) is 27.5 Å². The fraction of sp³-hybridized carbons (Fsp3) is 0.227. The van der Waals surface area contributed by atoms with Gasteiger partial charge in [0.05, 0.1) is 10.8 Å². The molecule has 3 N–H and O–H groups in total. The Bertz CT molecular complexity index is 1500. The highest BCUT2D eigenvalue weighted by Gasteiger charge is 2.53. The van der Waals surface area contributed by atoms with Gasteiger partial charge in [-0.2, -0.15) is 9.36 Å². The van der Waals surface area contributed by atoms with Crippen LogP contribution < -0.4 is 15.6 Å². The molecule has 0 radical (unpaired) electrons. The van der Waals surface area contributed by atoms with Crippen LogP contribution >= 0.6 is 34.6 Å². The number of halogens is 1. The lowest BCUT2D eigenvalue weighted by molar-refractivity contribution is -0.671. The molecule has 2 amide bonds. The van der Waals surface area contributed by atoms with Crippen LogP contribution in [0.4, 0.5) is 9.52 Å². The van der Waals surface area contributed by atoms with E-state index in [4.69, 9.17) is 18.4 Å². The number of hydrogen-bond acceptors (Lipinski definition) is 12. The van der Waals surface area contributed by atoms with Crippen LogP contribution in [0.2, 0.25) is 0 Å². The van der Waals surface area contributed by atoms with Crippen molar-refractivity contribution >= 4 is 80.6 Å². The highest BCUT2D eigenvalue weighted by atomic mass is 32.2. The number of aryl methyl sites for hydroxylation is 1. The lowest BCUT2D eigenvalue weighted by atomic mass is 10.0. The van der Waals surface area contributed by atoms with Gasteiger partial charge < -0.3 is 33.3 Å². The minimum atomic E-state index is -1.28. The molecule has 2 aliphatic rings. The largest absolute Gasteiger partial charge is 0.735 e. The third kappa shape index (κ3) is 4.87. The van der Waals surface area contributed by atoms with Gasteiger partial charge in [-0.15, -0.1) is 23.1 Å². The van der Waals surface area contributed by atoms with E-state index in [1.54, 1.807) is 0 Å². The number of anilines is 1. The van der Waals surface area contributed by atoms with E-state index in [1.165, 1.54) is 28.0 Å². The lowest BCUT2D eigenvalue weighted by Gasteiger charge is -2.50. The number of nitrogens with two attached hydrogens (primary N) is 1. The maximum atomic E-state index is 13.2. The molecule has 3 aromatic rings. The second kappa shape index (κ2) is 10.7. The number of nitrogen functional groups attached to an aromatic ring is 1. The molecular weight excluding hydrogens is 574 g/mol. The number of β-lactam (4-membered cyclic amide) rings is 1. The number of fused-ring (bicyclic) bond motifs is 1. The van der Waals surface area contributed by atoms with Crippen LogP contribution in [0.25, 0.3) is 16.7 Å². The number of rotatable bonds is 8. The third-order valence-corrected chi connectivity index (χ3v) is 8.70. The molecule has 2 atom stereocenters. The SMILES string of the molecule is C[n+]1cccc(-c2csc(C3=C(C(=O)[S-])N4C(=O)[C@@H](NC(=O)/C(=N\OCF)c5nsc(N)n5)[C@H]4SC3)c2)c1. The Balaban J connectivity index is 1.38. The average molecular weight is 592 g/mol. The van der Waals surface area contributed by atoms with Gasteiger partial charge in [0.25, 0.3) is 18.7 Å². The van der Waals surface area contributed by atoms with Gasteiger partial charge >= 0.3 is 0 Å². The third-order valence-electron chi connectivity index (χ3n) is 5.69. The minimum Gasteiger partial charge on any atom is -0.735 e. The van der Waals surface area contributed by atoms with Crippen LogP contribution in [0.5, 0.6) is 0 Å². The number of nitrogens with zero attached hydrogens (tertiary/aromatic N) is 5. The van der Waals surface area contributed by atoms with Crippen molar-refractivity contribution in [2.45, 2.75) is 11.4 Å². The molecule has 0 aromatic carbocycles. The summed E-state index contributed by atoms with van der Waals surface area (Å²) in [6, 6.07) is 4.92. The van der Waals surface area contributed by atoms with E-state index in [1.807, 2.05) is 47.6 Å². The molecule has 2 aliphatic heterocycles. The van der Waals surface area contributed by atoms with Gasteiger partial charge in [-0.3, -0.25) is 14.5 Å². The molecule has 0 bridgehead atoms. The highest BCUT2D eigenvalue weighted by molar-refractivity contribution is 8.00. The quantitative estimate of drug-likeness (QED) is 0.130. The number of carbonyl (C=O) groups is 3. The molecule has 1 saturated heterocycles. The molecule has 3 aromatic heterocycles. The van der Waals surface area contributed by atoms with Crippen molar-refractivity contribution in [3.8, 4) is 11.1 Å². The Hall–Kier alpha value is -3.47. The van der Waals surface area contributed by atoms with Crippen LogP contribution in [0.1, 0.15) is 10.7 Å². The second-order valence-corrected chi connectivity index (χ2v) is 11.2.